The summed E-state index contributed by atoms with van der Waals surface area (Å²) in [6.07, 6.45) is 3.72. The van der Waals surface area contributed by atoms with E-state index < -0.39 is 0 Å². The molecule has 1 fully saturated rings. The monoisotopic (exact) mass is 210 g/mol. The number of likely N-dealkylation sites (N-methyl/N-ethyl adjacent to an activating group) is 1. The highest BCUT2D eigenvalue weighted by Crippen LogP contribution is 2.19. The molecule has 0 amide bonds. The fourth-order valence-electron chi connectivity index (χ4n) is 1.75. The lowest BCUT2D eigenvalue weighted by Crippen LogP contribution is -2.31. The lowest BCUT2D eigenvalue weighted by molar-refractivity contribution is 0.0789. The van der Waals surface area contributed by atoms with Crippen molar-refractivity contribution in [3.63, 3.8) is 0 Å². The van der Waals surface area contributed by atoms with Crippen molar-refractivity contribution in [3.05, 3.63) is 0 Å². The van der Waals surface area contributed by atoms with E-state index in [0.717, 1.165) is 26.1 Å². The van der Waals surface area contributed by atoms with Gasteiger partial charge in [0.15, 0.2) is 0 Å². The molecule has 0 N–H and O–H groups in total. The Morgan fingerprint density at radius 1 is 1.53 bits per heavy atom. The van der Waals surface area contributed by atoms with E-state index >= 15 is 0 Å². The Morgan fingerprint density at radius 2 is 2.27 bits per heavy atom. The molecule has 1 atom stereocenters. The van der Waals surface area contributed by atoms with Gasteiger partial charge in [0.1, 0.15) is 0 Å². The SMILES string of the molecule is CN(CCC(C)(C)C#N)CC1CCCO1. The fourth-order valence-corrected chi connectivity index (χ4v) is 1.75. The van der Waals surface area contributed by atoms with Gasteiger partial charge in [-0.2, -0.15) is 5.26 Å². The topological polar surface area (TPSA) is 36.3 Å². The van der Waals surface area contributed by atoms with Crippen LogP contribution < -0.4 is 0 Å². The van der Waals surface area contributed by atoms with E-state index in [0.29, 0.717) is 6.10 Å². The summed E-state index contributed by atoms with van der Waals surface area (Å²) in [7, 11) is 2.11. The molecule has 1 aliphatic heterocycles. The lowest BCUT2D eigenvalue weighted by Gasteiger charge is -2.23. The van der Waals surface area contributed by atoms with Crippen LogP contribution in [0.2, 0.25) is 0 Å². The van der Waals surface area contributed by atoms with Crippen LogP contribution in [0.3, 0.4) is 0 Å². The van der Waals surface area contributed by atoms with Crippen LogP contribution in [0.25, 0.3) is 0 Å². The highest BCUT2D eigenvalue weighted by atomic mass is 16.5. The van der Waals surface area contributed by atoms with Crippen molar-refractivity contribution in [1.82, 2.24) is 4.90 Å². The van der Waals surface area contributed by atoms with Gasteiger partial charge in [0.2, 0.25) is 0 Å². The maximum Gasteiger partial charge on any atom is 0.0702 e. The zero-order valence-corrected chi connectivity index (χ0v) is 10.1. The third-order valence-corrected chi connectivity index (χ3v) is 2.96. The van der Waals surface area contributed by atoms with Gasteiger partial charge in [-0.1, -0.05) is 0 Å². The molecule has 0 radical (unpaired) electrons. The van der Waals surface area contributed by atoms with Crippen LogP contribution in [-0.4, -0.2) is 37.7 Å². The van der Waals surface area contributed by atoms with E-state index in [4.69, 9.17) is 10.00 Å². The predicted molar refractivity (Wildman–Crippen MR) is 60.5 cm³/mol. The Balaban J connectivity index is 2.18. The van der Waals surface area contributed by atoms with Gasteiger partial charge in [0.25, 0.3) is 0 Å². The minimum absolute atomic E-state index is 0.204. The molecule has 1 unspecified atom stereocenters. The van der Waals surface area contributed by atoms with E-state index in [2.05, 4.69) is 18.0 Å². The molecule has 0 aromatic carbocycles. The summed E-state index contributed by atoms with van der Waals surface area (Å²) in [5.41, 5.74) is -0.204. The number of hydrogen-bond acceptors (Lipinski definition) is 3. The number of nitrogens with zero attached hydrogens (tertiary/aromatic N) is 2. The summed E-state index contributed by atoms with van der Waals surface area (Å²) in [6.45, 7) is 6.88. The average molecular weight is 210 g/mol. The van der Waals surface area contributed by atoms with Crippen molar-refractivity contribution in [2.75, 3.05) is 26.7 Å². The quantitative estimate of drug-likeness (QED) is 0.696. The second kappa shape index (κ2) is 5.48. The highest BCUT2D eigenvalue weighted by molar-refractivity contribution is 4.92. The van der Waals surface area contributed by atoms with Crippen LogP contribution in [-0.2, 0) is 4.74 Å². The van der Waals surface area contributed by atoms with Crippen molar-refractivity contribution in [2.24, 2.45) is 5.41 Å². The summed E-state index contributed by atoms with van der Waals surface area (Å²) in [5.74, 6) is 0. The average Bonchev–Trinajstić information content (AvgIpc) is 2.68. The Labute approximate surface area is 93.0 Å². The maximum atomic E-state index is 8.90. The normalized spacial score (nSPS) is 21.9. The molecule has 15 heavy (non-hydrogen) atoms. The lowest BCUT2D eigenvalue weighted by atomic mass is 9.91. The smallest absolute Gasteiger partial charge is 0.0702 e. The predicted octanol–water partition coefficient (Wildman–Crippen LogP) is 2.04. The van der Waals surface area contributed by atoms with Crippen LogP contribution in [0.15, 0.2) is 0 Å². The molecular formula is C12H22N2O. The Hall–Kier alpha value is -0.590. The van der Waals surface area contributed by atoms with Crippen LogP contribution in [0.4, 0.5) is 0 Å². The van der Waals surface area contributed by atoms with Gasteiger partial charge < -0.3 is 9.64 Å². The van der Waals surface area contributed by atoms with Gasteiger partial charge in [-0.25, -0.2) is 0 Å². The summed E-state index contributed by atoms with van der Waals surface area (Å²) >= 11 is 0. The standard InChI is InChI=1S/C12H22N2O/c1-12(2,10-13)6-7-14(3)9-11-5-4-8-15-11/h11H,4-9H2,1-3H3. The molecule has 1 heterocycles. The van der Waals surface area contributed by atoms with Crippen molar-refractivity contribution in [3.8, 4) is 6.07 Å². The maximum absolute atomic E-state index is 8.90. The molecule has 0 aromatic heterocycles. The summed E-state index contributed by atoms with van der Waals surface area (Å²) in [6, 6.07) is 2.33. The van der Waals surface area contributed by atoms with Crippen molar-refractivity contribution < 1.29 is 4.74 Å². The number of rotatable bonds is 5. The van der Waals surface area contributed by atoms with E-state index in [-0.39, 0.29) is 5.41 Å². The first kappa shape index (κ1) is 12.5. The Morgan fingerprint density at radius 3 is 2.80 bits per heavy atom. The fraction of sp³-hybridized carbons (Fsp3) is 0.917. The zero-order valence-electron chi connectivity index (χ0n) is 10.1. The molecular weight excluding hydrogens is 188 g/mol. The van der Waals surface area contributed by atoms with Gasteiger partial charge >= 0.3 is 0 Å². The van der Waals surface area contributed by atoms with Crippen LogP contribution >= 0.6 is 0 Å². The van der Waals surface area contributed by atoms with E-state index in [1.807, 2.05) is 13.8 Å². The second-order valence-electron chi connectivity index (χ2n) is 5.14. The number of ether oxygens (including phenoxy) is 1. The first-order valence-corrected chi connectivity index (χ1v) is 5.75. The van der Waals surface area contributed by atoms with Gasteiger partial charge in [-0.3, -0.25) is 0 Å². The highest BCUT2D eigenvalue weighted by Gasteiger charge is 2.20. The molecule has 1 saturated heterocycles. The Bertz CT molecular complexity index is 226. The van der Waals surface area contributed by atoms with Gasteiger partial charge in [-0.15, -0.1) is 0 Å². The molecule has 3 nitrogen and oxygen atoms in total. The molecule has 86 valence electrons. The molecule has 0 spiro atoms. The van der Waals surface area contributed by atoms with Gasteiger partial charge in [0, 0.05) is 13.2 Å². The third kappa shape index (κ3) is 4.63. The van der Waals surface area contributed by atoms with E-state index in [1.165, 1.54) is 12.8 Å². The number of hydrogen-bond donors (Lipinski definition) is 0. The molecule has 1 rings (SSSR count). The third-order valence-electron chi connectivity index (χ3n) is 2.96. The summed E-state index contributed by atoms with van der Waals surface area (Å²) in [5, 5.41) is 8.90. The minimum Gasteiger partial charge on any atom is -0.377 e. The van der Waals surface area contributed by atoms with Gasteiger partial charge in [0.05, 0.1) is 17.6 Å². The summed E-state index contributed by atoms with van der Waals surface area (Å²) < 4.78 is 5.58. The molecule has 0 bridgehead atoms. The first-order valence-electron chi connectivity index (χ1n) is 5.75. The largest absolute Gasteiger partial charge is 0.377 e. The van der Waals surface area contributed by atoms with Crippen LogP contribution in [0, 0.1) is 16.7 Å². The van der Waals surface area contributed by atoms with Crippen molar-refractivity contribution in [1.29, 1.82) is 5.26 Å². The van der Waals surface area contributed by atoms with Crippen LogP contribution in [0.5, 0.6) is 0 Å². The second-order valence-corrected chi connectivity index (χ2v) is 5.14. The van der Waals surface area contributed by atoms with Crippen molar-refractivity contribution >= 4 is 0 Å². The molecule has 0 aliphatic carbocycles. The first-order chi connectivity index (χ1) is 7.03. The molecule has 3 heteroatoms. The van der Waals surface area contributed by atoms with Crippen molar-refractivity contribution in [2.45, 2.75) is 39.2 Å². The Kier molecular flexibility index (Phi) is 4.56. The molecule has 1 aliphatic rings. The summed E-state index contributed by atoms with van der Waals surface area (Å²) in [4.78, 5) is 2.27. The minimum atomic E-state index is -0.204. The van der Waals surface area contributed by atoms with E-state index in [9.17, 15) is 0 Å². The van der Waals surface area contributed by atoms with Crippen LogP contribution in [0.1, 0.15) is 33.1 Å². The molecule has 0 aromatic rings. The van der Waals surface area contributed by atoms with E-state index in [1.54, 1.807) is 0 Å². The van der Waals surface area contributed by atoms with Gasteiger partial charge in [-0.05, 0) is 46.7 Å². The molecule has 0 saturated carbocycles. The zero-order chi connectivity index (χ0) is 11.3. The number of nitriles is 1.